The van der Waals surface area contributed by atoms with E-state index < -0.39 is 25.6 Å². The molecular weight excluding hydrogens is 639 g/mol. The first-order valence-electron chi connectivity index (χ1n) is 16.6. The Balaban J connectivity index is 1.42. The molecule has 0 radical (unpaired) electrons. The summed E-state index contributed by atoms with van der Waals surface area (Å²) >= 11 is 0. The van der Waals surface area contributed by atoms with Crippen LogP contribution in [0.4, 0.5) is 0 Å². The predicted molar refractivity (Wildman–Crippen MR) is 188 cm³/mol. The molecule has 4 aromatic carbocycles. The smallest absolute Gasteiger partial charge is 0.244 e. The van der Waals surface area contributed by atoms with Gasteiger partial charge >= 0.3 is 0 Å². The van der Waals surface area contributed by atoms with E-state index in [1.807, 2.05) is 68.4 Å². The Bertz CT molecular complexity index is 2280. The number of para-hydroxylation sites is 1. The highest BCUT2D eigenvalue weighted by Gasteiger charge is 2.59. The number of aryl methyl sites for hydroxylation is 2. The number of nitrogens with zero attached hydrogens (tertiary/aromatic N) is 3. The minimum Gasteiger partial charge on any atom is -0.338 e. The van der Waals surface area contributed by atoms with Gasteiger partial charge in [0.2, 0.25) is 20.0 Å². The molecule has 2 atom stereocenters. The van der Waals surface area contributed by atoms with Crippen molar-refractivity contribution in [2.24, 2.45) is 0 Å². The minimum atomic E-state index is -4.08. The molecule has 1 aromatic heterocycles. The lowest BCUT2D eigenvalue weighted by molar-refractivity contribution is 0.160. The Morgan fingerprint density at radius 1 is 0.729 bits per heavy atom. The molecule has 8 rings (SSSR count). The molecule has 7 nitrogen and oxygen atoms in total. The van der Waals surface area contributed by atoms with Gasteiger partial charge in [-0.15, -0.1) is 0 Å². The Morgan fingerprint density at radius 3 is 2.04 bits per heavy atom. The maximum Gasteiger partial charge on any atom is 0.244 e. The zero-order valence-electron chi connectivity index (χ0n) is 27.2. The molecule has 1 saturated carbocycles. The topological polar surface area (TPSA) is 79.7 Å². The minimum absolute atomic E-state index is 0.0132. The lowest BCUT2D eigenvalue weighted by atomic mass is 9.85. The lowest BCUT2D eigenvalue weighted by Crippen LogP contribution is -2.58. The average molecular weight is 678 g/mol. The third kappa shape index (κ3) is 4.90. The normalized spacial score (nSPS) is 21.7. The van der Waals surface area contributed by atoms with Crippen LogP contribution in [0.25, 0.3) is 10.9 Å². The molecule has 0 bridgehead atoms. The van der Waals surface area contributed by atoms with Gasteiger partial charge in [-0.25, -0.2) is 16.8 Å². The zero-order chi connectivity index (χ0) is 33.3. The van der Waals surface area contributed by atoms with Gasteiger partial charge in [-0.3, -0.25) is 0 Å². The van der Waals surface area contributed by atoms with Gasteiger partial charge < -0.3 is 4.57 Å². The van der Waals surface area contributed by atoms with Gasteiger partial charge in [0.1, 0.15) is 0 Å². The van der Waals surface area contributed by atoms with E-state index in [0.29, 0.717) is 13.0 Å². The summed E-state index contributed by atoms with van der Waals surface area (Å²) in [6.07, 6.45) is 5.50. The molecule has 5 aromatic rings. The maximum atomic E-state index is 15.1. The second-order valence-corrected chi connectivity index (χ2v) is 17.3. The van der Waals surface area contributed by atoms with E-state index in [2.05, 4.69) is 34.9 Å². The standard InChI is InChI=1S/C39H39N3O4S2/c1-28-16-20-32(21-17-28)47(43,44)40-26-37-38(34-13-7-9-15-36(34)41(37)25-30-10-4-3-5-11-30)39(27-40)24-31-12-6-8-14-35(31)42(39)48(45,46)33-22-18-29(2)19-23-33/h3-5,7,9-11,13,15-24,35H,6,8,12,14,25-27H2,1-2H3. The summed E-state index contributed by atoms with van der Waals surface area (Å²) in [5.41, 5.74) is 5.52. The number of hydrogen-bond donors (Lipinski definition) is 0. The third-order valence-electron chi connectivity index (χ3n) is 10.4. The fourth-order valence-electron chi connectivity index (χ4n) is 8.16. The largest absolute Gasteiger partial charge is 0.338 e. The maximum absolute atomic E-state index is 15.1. The average Bonchev–Trinajstić information content (AvgIpc) is 3.59. The van der Waals surface area contributed by atoms with Crippen LogP contribution in [0.3, 0.4) is 0 Å². The van der Waals surface area contributed by atoms with Crippen LogP contribution in [0.5, 0.6) is 0 Å². The Morgan fingerprint density at radius 2 is 1.35 bits per heavy atom. The number of hydrogen-bond acceptors (Lipinski definition) is 4. The summed E-state index contributed by atoms with van der Waals surface area (Å²) in [4.78, 5) is 0.425. The molecule has 3 aliphatic rings. The summed E-state index contributed by atoms with van der Waals surface area (Å²) in [6.45, 7) is 4.51. The van der Waals surface area contributed by atoms with Crippen molar-refractivity contribution in [1.82, 2.24) is 13.2 Å². The van der Waals surface area contributed by atoms with Crippen molar-refractivity contribution in [3.8, 4) is 0 Å². The van der Waals surface area contributed by atoms with Crippen LogP contribution in [0.1, 0.15) is 53.6 Å². The molecular formula is C39H39N3O4S2. The van der Waals surface area contributed by atoms with Crippen LogP contribution in [0.2, 0.25) is 0 Å². The lowest BCUT2D eigenvalue weighted by Gasteiger charge is -2.46. The van der Waals surface area contributed by atoms with Crippen molar-refractivity contribution >= 4 is 30.9 Å². The Kier molecular flexibility index (Phi) is 7.52. The van der Waals surface area contributed by atoms with E-state index in [0.717, 1.165) is 63.7 Å². The van der Waals surface area contributed by atoms with Crippen molar-refractivity contribution in [2.45, 2.75) is 74.0 Å². The third-order valence-corrected chi connectivity index (χ3v) is 14.2. The second-order valence-electron chi connectivity index (χ2n) is 13.5. The van der Waals surface area contributed by atoms with Crippen molar-refractivity contribution in [3.05, 3.63) is 143 Å². The SMILES string of the molecule is Cc1ccc(S(=O)(=O)N2Cc3c(c4ccccc4n3Cc3ccccc3)C3(C=C4CCCCC4N3S(=O)(=O)c3ccc(C)cc3)C2)cc1. The molecule has 0 amide bonds. The fraction of sp³-hybridized carbons (Fsp3) is 0.282. The highest BCUT2D eigenvalue weighted by atomic mass is 32.2. The number of benzene rings is 4. The highest BCUT2D eigenvalue weighted by molar-refractivity contribution is 7.89. The molecule has 2 unspecified atom stereocenters. The van der Waals surface area contributed by atoms with Gasteiger partial charge in [-0.05, 0) is 69.0 Å². The number of fused-ring (bicyclic) bond motifs is 5. The molecule has 1 fully saturated rings. The first kappa shape index (κ1) is 31.3. The van der Waals surface area contributed by atoms with E-state index >= 15 is 8.42 Å². The monoisotopic (exact) mass is 677 g/mol. The quantitative estimate of drug-likeness (QED) is 0.177. The summed E-state index contributed by atoms with van der Waals surface area (Å²) in [5.74, 6) is 0. The van der Waals surface area contributed by atoms with Gasteiger partial charge in [-0.1, -0.05) is 102 Å². The number of sulfonamides is 2. The number of rotatable bonds is 6. The van der Waals surface area contributed by atoms with Crippen LogP contribution in [-0.4, -0.2) is 42.6 Å². The molecule has 1 spiro atoms. The summed E-state index contributed by atoms with van der Waals surface area (Å²) in [6, 6.07) is 31.9. The molecule has 3 heterocycles. The second kappa shape index (κ2) is 11.6. The van der Waals surface area contributed by atoms with E-state index in [1.165, 1.54) is 4.31 Å². The zero-order valence-corrected chi connectivity index (χ0v) is 28.8. The van der Waals surface area contributed by atoms with E-state index in [9.17, 15) is 8.42 Å². The molecule has 0 N–H and O–H groups in total. The van der Waals surface area contributed by atoms with Gasteiger partial charge in [0.15, 0.2) is 0 Å². The highest BCUT2D eigenvalue weighted by Crippen LogP contribution is 2.54. The van der Waals surface area contributed by atoms with Gasteiger partial charge in [0.05, 0.1) is 21.9 Å². The molecule has 48 heavy (non-hydrogen) atoms. The van der Waals surface area contributed by atoms with Gasteiger partial charge in [0, 0.05) is 41.3 Å². The first-order chi connectivity index (χ1) is 23.1. The summed E-state index contributed by atoms with van der Waals surface area (Å²) in [7, 11) is -8.10. The molecule has 0 saturated heterocycles. The van der Waals surface area contributed by atoms with Crippen molar-refractivity contribution < 1.29 is 16.8 Å². The Hall–Kier alpha value is -4.02. The van der Waals surface area contributed by atoms with E-state index in [4.69, 9.17) is 0 Å². The van der Waals surface area contributed by atoms with Crippen LogP contribution in [-0.2, 0) is 38.7 Å². The molecule has 2 aliphatic heterocycles. The predicted octanol–water partition coefficient (Wildman–Crippen LogP) is 7.28. The van der Waals surface area contributed by atoms with E-state index in [1.54, 1.807) is 28.6 Å². The van der Waals surface area contributed by atoms with Crippen molar-refractivity contribution in [1.29, 1.82) is 0 Å². The van der Waals surface area contributed by atoms with E-state index in [-0.39, 0.29) is 28.9 Å². The Labute approximate surface area is 283 Å². The van der Waals surface area contributed by atoms with Crippen LogP contribution in [0, 0.1) is 13.8 Å². The van der Waals surface area contributed by atoms with Crippen molar-refractivity contribution in [3.63, 3.8) is 0 Å². The van der Waals surface area contributed by atoms with Crippen LogP contribution in [0.15, 0.2) is 125 Å². The summed E-state index contributed by atoms with van der Waals surface area (Å²) in [5, 5.41) is 0.954. The van der Waals surface area contributed by atoms with Crippen LogP contribution >= 0.6 is 0 Å². The van der Waals surface area contributed by atoms with Crippen molar-refractivity contribution in [2.75, 3.05) is 6.54 Å². The molecule has 9 heteroatoms. The first-order valence-corrected chi connectivity index (χ1v) is 19.5. The molecule has 246 valence electrons. The summed E-state index contributed by atoms with van der Waals surface area (Å²) < 4.78 is 64.9. The number of aromatic nitrogens is 1. The fourth-order valence-corrected chi connectivity index (χ4v) is 11.5. The van der Waals surface area contributed by atoms with Gasteiger partial charge in [-0.2, -0.15) is 8.61 Å². The van der Waals surface area contributed by atoms with Crippen LogP contribution < -0.4 is 0 Å². The van der Waals surface area contributed by atoms with Gasteiger partial charge in [0.25, 0.3) is 0 Å². The molecule has 1 aliphatic carbocycles.